The average Bonchev–Trinajstić information content (AvgIpc) is 2.36. The van der Waals surface area contributed by atoms with Gasteiger partial charge in [0.1, 0.15) is 10.4 Å². The van der Waals surface area contributed by atoms with Crippen molar-refractivity contribution >= 4 is 11.6 Å². The Morgan fingerprint density at radius 2 is 1.53 bits per heavy atom. The molecule has 2 aromatic carbocycles. The number of hydrogen-bond donors (Lipinski definition) is 0. The molecule has 1 heteroatoms. The maximum Gasteiger partial charge on any atom is 0.142 e. The highest BCUT2D eigenvalue weighted by molar-refractivity contribution is 6.26. The minimum absolute atomic E-state index is 0.411. The Bertz CT molecular complexity index is 653. The second-order valence-electron chi connectivity index (χ2n) is 5.73. The Hall–Kier alpha value is -1.40. The van der Waals surface area contributed by atoms with Gasteiger partial charge in [-0.05, 0) is 44.0 Å². The van der Waals surface area contributed by atoms with E-state index >= 15 is 0 Å². The van der Waals surface area contributed by atoms with Crippen LogP contribution in [0, 0.1) is 19.8 Å². The lowest BCUT2D eigenvalue weighted by molar-refractivity contribution is 0.707. The fourth-order valence-electron chi connectivity index (χ4n) is 2.95. The van der Waals surface area contributed by atoms with Crippen LogP contribution >= 0.6 is 11.6 Å². The molecule has 0 heterocycles. The summed E-state index contributed by atoms with van der Waals surface area (Å²) in [6.45, 7) is 8.51. The van der Waals surface area contributed by atoms with Crippen LogP contribution in [0.1, 0.15) is 36.1 Å². The summed E-state index contributed by atoms with van der Waals surface area (Å²) in [4.78, 5) is -0.411. The molecule has 0 amide bonds. The largest absolute Gasteiger partial charge is 0.142 e. The number of hydrogen-bond acceptors (Lipinski definition) is 0. The van der Waals surface area contributed by atoms with Crippen molar-refractivity contribution in [2.45, 2.75) is 32.6 Å². The predicted molar refractivity (Wildman–Crippen MR) is 82.6 cm³/mol. The lowest BCUT2D eigenvalue weighted by atomic mass is 9.72. The van der Waals surface area contributed by atoms with E-state index in [2.05, 4.69) is 64.1 Å². The number of rotatable bonds is 0. The maximum absolute atomic E-state index is 6.84. The van der Waals surface area contributed by atoms with Gasteiger partial charge in [-0.2, -0.15) is 0 Å². The van der Waals surface area contributed by atoms with Crippen LogP contribution in [-0.4, -0.2) is 0 Å². The Labute approximate surface area is 120 Å². The third-order valence-electron chi connectivity index (χ3n) is 4.25. The van der Waals surface area contributed by atoms with Crippen molar-refractivity contribution in [1.29, 1.82) is 0 Å². The van der Waals surface area contributed by atoms with Gasteiger partial charge in [0.15, 0.2) is 0 Å². The second kappa shape index (κ2) is 4.05. The summed E-state index contributed by atoms with van der Waals surface area (Å²) in [5.74, 6) is 1.24. The van der Waals surface area contributed by atoms with Crippen molar-refractivity contribution in [3.63, 3.8) is 0 Å². The summed E-state index contributed by atoms with van der Waals surface area (Å²) >= 11 is 6.84. The van der Waals surface area contributed by atoms with Gasteiger partial charge in [0.25, 0.3) is 0 Å². The molecule has 0 saturated heterocycles. The van der Waals surface area contributed by atoms with Gasteiger partial charge in [0, 0.05) is 30.2 Å². The van der Waals surface area contributed by atoms with Crippen LogP contribution in [0.2, 0.25) is 0 Å². The average molecular weight is 270 g/mol. The first-order valence-corrected chi connectivity index (χ1v) is 7.04. The van der Waals surface area contributed by atoms with Crippen LogP contribution in [-0.2, 0) is 4.87 Å². The highest BCUT2D eigenvalue weighted by atomic mass is 35.5. The Balaban J connectivity index is 2.38. The minimum atomic E-state index is -0.411. The molecule has 3 rings (SSSR count). The Kier molecular flexibility index (Phi) is 2.69. The van der Waals surface area contributed by atoms with Crippen LogP contribution in [0.4, 0.5) is 0 Å². The number of alkyl halides is 1. The molecular weight excluding hydrogens is 252 g/mol. The van der Waals surface area contributed by atoms with Crippen molar-refractivity contribution in [3.05, 3.63) is 64.6 Å². The van der Waals surface area contributed by atoms with Crippen LogP contribution in [0.3, 0.4) is 0 Å². The molecule has 0 aromatic heterocycles. The fourth-order valence-corrected chi connectivity index (χ4v) is 3.22. The van der Waals surface area contributed by atoms with Crippen LogP contribution in [0.5, 0.6) is 0 Å². The predicted octanol–water partition coefficient (Wildman–Crippen LogP) is 5.38. The molecule has 0 fully saturated rings. The van der Waals surface area contributed by atoms with Gasteiger partial charge in [-0.25, -0.2) is 0 Å². The van der Waals surface area contributed by atoms with Crippen molar-refractivity contribution in [2.24, 2.45) is 0 Å². The monoisotopic (exact) mass is 269 g/mol. The zero-order valence-corrected chi connectivity index (χ0v) is 12.6. The molecule has 1 atom stereocenters. The Morgan fingerprint density at radius 1 is 0.947 bits per heavy atom. The first-order valence-electron chi connectivity index (χ1n) is 6.67. The van der Waals surface area contributed by atoms with Gasteiger partial charge in [-0.1, -0.05) is 23.7 Å². The van der Waals surface area contributed by atoms with Crippen molar-refractivity contribution < 1.29 is 0 Å². The third kappa shape index (κ3) is 1.78. The number of fused-ring (bicyclic) bond motifs is 3. The van der Waals surface area contributed by atoms with Gasteiger partial charge in [0.2, 0.25) is 0 Å². The van der Waals surface area contributed by atoms with Gasteiger partial charge in [-0.15, -0.1) is 0 Å². The molecule has 1 aliphatic carbocycles. The first-order chi connectivity index (χ1) is 8.91. The number of halogens is 1. The van der Waals surface area contributed by atoms with Crippen LogP contribution < -0.4 is 0 Å². The zero-order chi connectivity index (χ0) is 13.8. The number of aryl methyl sites for hydroxylation is 2. The lowest BCUT2D eigenvalue weighted by Crippen LogP contribution is -2.28. The van der Waals surface area contributed by atoms with E-state index in [1.54, 1.807) is 0 Å². The number of benzene rings is 2. The standard InChI is InChI=1S/C18H18Cl/c1-11-5-7-14-13(3)18(4,19)17-8-6-12(2)10-16(17)15(14)9-11/h5-10H,1-4H3/q+1. The van der Waals surface area contributed by atoms with Gasteiger partial charge >= 0.3 is 0 Å². The van der Waals surface area contributed by atoms with E-state index < -0.39 is 4.87 Å². The van der Waals surface area contributed by atoms with E-state index in [0.717, 1.165) is 0 Å². The highest BCUT2D eigenvalue weighted by Gasteiger charge is 2.45. The summed E-state index contributed by atoms with van der Waals surface area (Å²) in [6.07, 6.45) is 0. The van der Waals surface area contributed by atoms with Gasteiger partial charge < -0.3 is 0 Å². The SMILES string of the molecule is Cc1ccc2c(c1)-c1cc(C)ccc1C(C)(Cl)[C+]2C. The summed E-state index contributed by atoms with van der Waals surface area (Å²) < 4.78 is 0. The smallest absolute Gasteiger partial charge is 0.0938 e. The zero-order valence-electron chi connectivity index (χ0n) is 11.8. The second-order valence-corrected chi connectivity index (χ2v) is 6.48. The molecule has 0 saturated carbocycles. The fraction of sp³-hybridized carbons (Fsp3) is 0.278. The molecule has 1 aliphatic rings. The highest BCUT2D eigenvalue weighted by Crippen LogP contribution is 2.52. The quantitative estimate of drug-likeness (QED) is 0.445. The maximum atomic E-state index is 6.84. The molecule has 0 radical (unpaired) electrons. The van der Waals surface area contributed by atoms with Crippen molar-refractivity contribution in [2.75, 3.05) is 0 Å². The summed E-state index contributed by atoms with van der Waals surface area (Å²) in [5.41, 5.74) is 7.66. The van der Waals surface area contributed by atoms with E-state index in [1.807, 2.05) is 0 Å². The summed E-state index contributed by atoms with van der Waals surface area (Å²) in [7, 11) is 0. The van der Waals surface area contributed by atoms with E-state index in [0.29, 0.717) is 0 Å². The van der Waals surface area contributed by atoms with Crippen molar-refractivity contribution in [1.82, 2.24) is 0 Å². The van der Waals surface area contributed by atoms with E-state index in [1.165, 1.54) is 39.3 Å². The molecule has 0 spiro atoms. The third-order valence-corrected chi connectivity index (χ3v) is 4.74. The normalized spacial score (nSPS) is 21.0. The van der Waals surface area contributed by atoms with Gasteiger partial charge in [0.05, 0.1) is 11.5 Å². The first kappa shape index (κ1) is 12.6. The molecule has 1 unspecified atom stereocenters. The molecule has 96 valence electrons. The van der Waals surface area contributed by atoms with Crippen molar-refractivity contribution in [3.8, 4) is 11.1 Å². The van der Waals surface area contributed by atoms with Crippen LogP contribution in [0.25, 0.3) is 11.1 Å². The molecule has 19 heavy (non-hydrogen) atoms. The molecule has 0 nitrogen and oxygen atoms in total. The molecule has 0 N–H and O–H groups in total. The molecule has 2 aromatic rings. The topological polar surface area (TPSA) is 0 Å². The summed E-state index contributed by atoms with van der Waals surface area (Å²) in [5, 5.41) is 0. The van der Waals surface area contributed by atoms with Crippen LogP contribution in [0.15, 0.2) is 36.4 Å². The Morgan fingerprint density at radius 3 is 2.21 bits per heavy atom. The van der Waals surface area contributed by atoms with E-state index in [-0.39, 0.29) is 0 Å². The van der Waals surface area contributed by atoms with Gasteiger partial charge in [-0.3, -0.25) is 0 Å². The lowest BCUT2D eigenvalue weighted by Gasteiger charge is -2.32. The summed E-state index contributed by atoms with van der Waals surface area (Å²) in [6, 6.07) is 13.2. The molecule has 0 bridgehead atoms. The molecular formula is C18H18Cl+. The van der Waals surface area contributed by atoms with E-state index in [9.17, 15) is 0 Å². The minimum Gasteiger partial charge on any atom is -0.0938 e. The molecule has 0 aliphatic heterocycles. The van der Waals surface area contributed by atoms with E-state index in [4.69, 9.17) is 11.6 Å².